The molecular formula is C11H12N2O2S. The summed E-state index contributed by atoms with van der Waals surface area (Å²) >= 11 is 1.42. The number of carbonyl (C=O) groups is 1. The molecule has 1 N–H and O–H groups in total. The summed E-state index contributed by atoms with van der Waals surface area (Å²) < 4.78 is 5.36. The van der Waals surface area contributed by atoms with Gasteiger partial charge in [-0.3, -0.25) is 4.79 Å². The Morgan fingerprint density at radius 2 is 2.38 bits per heavy atom. The highest BCUT2D eigenvalue weighted by atomic mass is 32.1. The van der Waals surface area contributed by atoms with Crippen LogP contribution >= 0.6 is 11.3 Å². The molecule has 2 aromatic rings. The number of thiophene rings is 1. The zero-order valence-electron chi connectivity index (χ0n) is 9.11. The van der Waals surface area contributed by atoms with Gasteiger partial charge in [-0.15, -0.1) is 11.3 Å². The van der Waals surface area contributed by atoms with Crippen molar-refractivity contribution in [3.05, 3.63) is 39.7 Å². The third-order valence-electron chi connectivity index (χ3n) is 2.15. The predicted octanol–water partition coefficient (Wildman–Crippen LogP) is 2.28. The molecule has 0 unspecified atom stereocenters. The summed E-state index contributed by atoms with van der Waals surface area (Å²) in [6.07, 6.45) is 0. The first-order chi connectivity index (χ1) is 7.66. The van der Waals surface area contributed by atoms with Gasteiger partial charge in [0, 0.05) is 6.92 Å². The number of hydrogen-bond acceptors (Lipinski definition) is 4. The van der Waals surface area contributed by atoms with E-state index in [4.69, 9.17) is 4.42 Å². The number of hydrogen-bond donors (Lipinski definition) is 1. The van der Waals surface area contributed by atoms with Crippen LogP contribution in [0.15, 0.2) is 21.9 Å². The molecule has 0 saturated carbocycles. The van der Waals surface area contributed by atoms with Crippen molar-refractivity contribution >= 4 is 17.2 Å². The average Bonchev–Trinajstić information content (AvgIpc) is 2.84. The molecular weight excluding hydrogens is 224 g/mol. The maximum atomic E-state index is 11.6. The highest BCUT2D eigenvalue weighted by Gasteiger charge is 2.10. The van der Waals surface area contributed by atoms with Crippen LogP contribution in [0, 0.1) is 13.8 Å². The SMILES string of the molecule is Cc1nc(C)c(CNC(=O)c2cccs2)o1. The second-order valence-electron chi connectivity index (χ2n) is 3.40. The number of rotatable bonds is 3. The van der Waals surface area contributed by atoms with Crippen molar-refractivity contribution in [2.45, 2.75) is 20.4 Å². The maximum Gasteiger partial charge on any atom is 0.261 e. The molecule has 5 heteroatoms. The Morgan fingerprint density at radius 3 is 2.94 bits per heavy atom. The molecule has 0 aliphatic rings. The summed E-state index contributed by atoms with van der Waals surface area (Å²) in [4.78, 5) is 16.5. The Labute approximate surface area is 97.3 Å². The Balaban J connectivity index is 1.98. The summed E-state index contributed by atoms with van der Waals surface area (Å²) in [6.45, 7) is 4.03. The summed E-state index contributed by atoms with van der Waals surface area (Å²) in [7, 11) is 0. The van der Waals surface area contributed by atoms with Crippen molar-refractivity contribution in [2.24, 2.45) is 0 Å². The molecule has 0 aliphatic heterocycles. The second-order valence-corrected chi connectivity index (χ2v) is 4.35. The third kappa shape index (κ3) is 2.30. The van der Waals surface area contributed by atoms with Gasteiger partial charge < -0.3 is 9.73 Å². The van der Waals surface area contributed by atoms with E-state index < -0.39 is 0 Å². The van der Waals surface area contributed by atoms with Gasteiger partial charge in [-0.2, -0.15) is 0 Å². The van der Waals surface area contributed by atoms with E-state index in [9.17, 15) is 4.79 Å². The van der Waals surface area contributed by atoms with E-state index in [0.29, 0.717) is 23.1 Å². The average molecular weight is 236 g/mol. The van der Waals surface area contributed by atoms with Crippen LogP contribution < -0.4 is 5.32 Å². The third-order valence-corrected chi connectivity index (χ3v) is 3.02. The molecule has 0 aromatic carbocycles. The number of aryl methyl sites for hydroxylation is 2. The van der Waals surface area contributed by atoms with Gasteiger partial charge in [-0.25, -0.2) is 4.98 Å². The lowest BCUT2D eigenvalue weighted by molar-refractivity contribution is 0.0952. The lowest BCUT2D eigenvalue weighted by Gasteiger charge is -2.00. The van der Waals surface area contributed by atoms with Crippen molar-refractivity contribution < 1.29 is 9.21 Å². The van der Waals surface area contributed by atoms with Gasteiger partial charge >= 0.3 is 0 Å². The van der Waals surface area contributed by atoms with E-state index in [-0.39, 0.29) is 5.91 Å². The smallest absolute Gasteiger partial charge is 0.261 e. The molecule has 2 heterocycles. The quantitative estimate of drug-likeness (QED) is 0.889. The molecule has 84 valence electrons. The minimum atomic E-state index is -0.0801. The number of amides is 1. The first-order valence-electron chi connectivity index (χ1n) is 4.91. The summed E-state index contributed by atoms with van der Waals surface area (Å²) in [5.74, 6) is 1.25. The van der Waals surface area contributed by atoms with Crippen molar-refractivity contribution in [3.8, 4) is 0 Å². The summed E-state index contributed by atoms with van der Waals surface area (Å²) in [5, 5.41) is 4.67. The minimum Gasteiger partial charge on any atom is -0.444 e. The molecule has 0 spiro atoms. The Bertz CT molecular complexity index is 488. The largest absolute Gasteiger partial charge is 0.444 e. The number of oxazole rings is 1. The van der Waals surface area contributed by atoms with E-state index in [1.54, 1.807) is 13.0 Å². The molecule has 0 atom stereocenters. The fourth-order valence-electron chi connectivity index (χ4n) is 1.39. The van der Waals surface area contributed by atoms with Crippen LogP contribution in [0.5, 0.6) is 0 Å². The molecule has 2 rings (SSSR count). The van der Waals surface area contributed by atoms with E-state index in [2.05, 4.69) is 10.3 Å². The molecule has 0 bridgehead atoms. The van der Waals surface area contributed by atoms with Gasteiger partial charge in [-0.1, -0.05) is 6.07 Å². The van der Waals surface area contributed by atoms with Crippen LogP contribution in [0.3, 0.4) is 0 Å². The van der Waals surface area contributed by atoms with Gasteiger partial charge in [0.15, 0.2) is 5.89 Å². The number of carbonyl (C=O) groups excluding carboxylic acids is 1. The van der Waals surface area contributed by atoms with Crippen molar-refractivity contribution in [2.75, 3.05) is 0 Å². The van der Waals surface area contributed by atoms with Crippen molar-refractivity contribution in [1.29, 1.82) is 0 Å². The fourth-order valence-corrected chi connectivity index (χ4v) is 2.03. The van der Waals surface area contributed by atoms with Crippen LogP contribution in [0.1, 0.15) is 27.0 Å². The first-order valence-corrected chi connectivity index (χ1v) is 5.79. The maximum absolute atomic E-state index is 11.6. The van der Waals surface area contributed by atoms with Gasteiger partial charge in [-0.05, 0) is 18.4 Å². The van der Waals surface area contributed by atoms with Crippen LogP contribution in [0.4, 0.5) is 0 Å². The number of nitrogens with zero attached hydrogens (tertiary/aromatic N) is 1. The highest BCUT2D eigenvalue weighted by molar-refractivity contribution is 7.12. The van der Waals surface area contributed by atoms with Crippen molar-refractivity contribution in [1.82, 2.24) is 10.3 Å². The lowest BCUT2D eigenvalue weighted by atomic mass is 10.3. The van der Waals surface area contributed by atoms with E-state index in [1.165, 1.54) is 11.3 Å². The minimum absolute atomic E-state index is 0.0801. The fraction of sp³-hybridized carbons (Fsp3) is 0.273. The van der Waals surface area contributed by atoms with Crippen LogP contribution in [0.2, 0.25) is 0 Å². The second kappa shape index (κ2) is 4.49. The van der Waals surface area contributed by atoms with Gasteiger partial charge in [0.05, 0.1) is 17.1 Å². The van der Waals surface area contributed by atoms with Crippen LogP contribution in [-0.2, 0) is 6.54 Å². The normalized spacial score (nSPS) is 10.4. The van der Waals surface area contributed by atoms with Gasteiger partial charge in [0.2, 0.25) is 0 Å². The molecule has 16 heavy (non-hydrogen) atoms. The monoisotopic (exact) mass is 236 g/mol. The zero-order chi connectivity index (χ0) is 11.5. The number of nitrogens with one attached hydrogen (secondary N) is 1. The topological polar surface area (TPSA) is 55.1 Å². The molecule has 0 fully saturated rings. The zero-order valence-corrected chi connectivity index (χ0v) is 9.93. The Morgan fingerprint density at radius 1 is 1.56 bits per heavy atom. The Hall–Kier alpha value is -1.62. The standard InChI is InChI=1S/C11H12N2O2S/c1-7-9(15-8(2)13-7)6-12-11(14)10-4-3-5-16-10/h3-5H,6H2,1-2H3,(H,12,14). The Kier molecular flexibility index (Phi) is 3.05. The van der Waals surface area contributed by atoms with E-state index in [0.717, 1.165) is 5.69 Å². The summed E-state index contributed by atoms with van der Waals surface area (Å²) in [6, 6.07) is 3.64. The highest BCUT2D eigenvalue weighted by Crippen LogP contribution is 2.11. The molecule has 0 radical (unpaired) electrons. The van der Waals surface area contributed by atoms with Crippen LogP contribution in [0.25, 0.3) is 0 Å². The molecule has 1 amide bonds. The molecule has 0 aliphatic carbocycles. The first kappa shape index (κ1) is 10.9. The van der Waals surface area contributed by atoms with E-state index >= 15 is 0 Å². The van der Waals surface area contributed by atoms with E-state index in [1.807, 2.05) is 18.4 Å². The molecule has 4 nitrogen and oxygen atoms in total. The number of aromatic nitrogens is 1. The molecule has 2 aromatic heterocycles. The van der Waals surface area contributed by atoms with Crippen LogP contribution in [-0.4, -0.2) is 10.9 Å². The van der Waals surface area contributed by atoms with Gasteiger partial charge in [0.1, 0.15) is 5.76 Å². The molecule has 0 saturated heterocycles. The lowest BCUT2D eigenvalue weighted by Crippen LogP contribution is -2.21. The van der Waals surface area contributed by atoms with Crippen molar-refractivity contribution in [3.63, 3.8) is 0 Å². The summed E-state index contributed by atoms with van der Waals surface area (Å²) in [5.41, 5.74) is 0.823. The predicted molar refractivity (Wildman–Crippen MR) is 61.5 cm³/mol. The van der Waals surface area contributed by atoms with Gasteiger partial charge in [0.25, 0.3) is 5.91 Å².